The van der Waals surface area contributed by atoms with E-state index in [0.717, 1.165) is 31.4 Å². The zero-order valence-corrected chi connectivity index (χ0v) is 19.2. The molecule has 0 N–H and O–H groups in total. The van der Waals surface area contributed by atoms with E-state index in [2.05, 4.69) is 29.2 Å². The van der Waals surface area contributed by atoms with Crippen molar-refractivity contribution in [1.82, 2.24) is 4.90 Å². The molecular formula is C22H19FINO4S. The van der Waals surface area contributed by atoms with Crippen LogP contribution in [0.2, 0.25) is 0 Å². The minimum absolute atomic E-state index is 0.180. The first kappa shape index (κ1) is 22.4. The fourth-order valence-electron chi connectivity index (χ4n) is 2.75. The molecule has 156 valence electrons. The van der Waals surface area contributed by atoms with Crippen LogP contribution < -0.4 is 9.47 Å². The van der Waals surface area contributed by atoms with Gasteiger partial charge in [0.05, 0.1) is 15.1 Å². The van der Waals surface area contributed by atoms with Crippen LogP contribution >= 0.6 is 34.4 Å². The lowest BCUT2D eigenvalue weighted by Crippen LogP contribution is -2.27. The van der Waals surface area contributed by atoms with Crippen LogP contribution in [-0.4, -0.2) is 29.2 Å². The lowest BCUT2D eigenvalue weighted by molar-refractivity contribution is -0.122. The fourth-order valence-corrected chi connectivity index (χ4v) is 4.38. The lowest BCUT2D eigenvalue weighted by Gasteiger charge is -2.15. The molecule has 1 aliphatic heterocycles. The normalized spacial score (nSPS) is 15.0. The SMILES string of the molecule is C=CCN1C(=O)S/C(=C/c2cc(I)c(OCc3ccc(F)cc3)c(OCC)c2)C1=O. The van der Waals surface area contributed by atoms with Crippen LogP contribution in [0.5, 0.6) is 11.5 Å². The van der Waals surface area contributed by atoms with Crippen molar-refractivity contribution in [3.63, 3.8) is 0 Å². The summed E-state index contributed by atoms with van der Waals surface area (Å²) < 4.78 is 25.6. The maximum absolute atomic E-state index is 13.1. The van der Waals surface area contributed by atoms with Crippen molar-refractivity contribution in [3.8, 4) is 11.5 Å². The van der Waals surface area contributed by atoms with Crippen molar-refractivity contribution < 1.29 is 23.5 Å². The minimum atomic E-state index is -0.338. The van der Waals surface area contributed by atoms with E-state index in [1.807, 2.05) is 13.0 Å². The highest BCUT2D eigenvalue weighted by atomic mass is 127. The van der Waals surface area contributed by atoms with E-state index in [1.165, 1.54) is 18.2 Å². The molecule has 1 fully saturated rings. The zero-order chi connectivity index (χ0) is 21.7. The number of hydrogen-bond donors (Lipinski definition) is 0. The Morgan fingerprint density at radius 2 is 1.93 bits per heavy atom. The lowest BCUT2D eigenvalue weighted by atomic mass is 10.1. The van der Waals surface area contributed by atoms with Gasteiger partial charge in [-0.3, -0.25) is 14.5 Å². The second-order valence-electron chi connectivity index (χ2n) is 6.26. The summed E-state index contributed by atoms with van der Waals surface area (Å²) in [6.45, 7) is 6.31. The van der Waals surface area contributed by atoms with E-state index in [9.17, 15) is 14.0 Å². The van der Waals surface area contributed by atoms with Gasteiger partial charge in [0, 0.05) is 6.54 Å². The number of carbonyl (C=O) groups excluding carboxylic acids is 2. The largest absolute Gasteiger partial charge is 0.490 e. The molecule has 5 nitrogen and oxygen atoms in total. The molecule has 8 heteroatoms. The summed E-state index contributed by atoms with van der Waals surface area (Å²) in [5.41, 5.74) is 1.55. The molecule has 0 radical (unpaired) electrons. The Balaban J connectivity index is 1.85. The van der Waals surface area contributed by atoms with Gasteiger partial charge in [-0.05, 0) is 82.7 Å². The third kappa shape index (κ3) is 5.23. The van der Waals surface area contributed by atoms with Crippen LogP contribution in [0.4, 0.5) is 9.18 Å². The minimum Gasteiger partial charge on any atom is -0.490 e. The Morgan fingerprint density at radius 3 is 2.60 bits per heavy atom. The Bertz CT molecular complexity index is 1010. The van der Waals surface area contributed by atoms with Gasteiger partial charge in [0.25, 0.3) is 11.1 Å². The van der Waals surface area contributed by atoms with Gasteiger partial charge in [-0.25, -0.2) is 4.39 Å². The van der Waals surface area contributed by atoms with Gasteiger partial charge in [-0.2, -0.15) is 0 Å². The number of benzene rings is 2. The molecule has 0 saturated carbocycles. The first-order chi connectivity index (χ1) is 14.4. The smallest absolute Gasteiger partial charge is 0.293 e. The van der Waals surface area contributed by atoms with Gasteiger partial charge in [0.2, 0.25) is 0 Å². The zero-order valence-electron chi connectivity index (χ0n) is 16.2. The van der Waals surface area contributed by atoms with Crippen LogP contribution in [0.15, 0.2) is 54.0 Å². The molecule has 3 rings (SSSR count). The molecule has 0 aromatic heterocycles. The molecule has 2 aromatic carbocycles. The summed E-state index contributed by atoms with van der Waals surface area (Å²) in [5.74, 6) is 0.460. The van der Waals surface area contributed by atoms with Crippen LogP contribution in [-0.2, 0) is 11.4 Å². The monoisotopic (exact) mass is 539 g/mol. The standard InChI is InChI=1S/C22H19FINO4S/c1-3-9-25-21(26)19(30-22(25)27)12-15-10-17(24)20(18(11-15)28-4-2)29-13-14-5-7-16(23)8-6-14/h3,5-8,10-12H,1,4,9,13H2,2H3/b19-12+. The summed E-state index contributed by atoms with van der Waals surface area (Å²) in [5, 5.41) is -0.315. The van der Waals surface area contributed by atoms with Crippen LogP contribution in [0.25, 0.3) is 6.08 Å². The van der Waals surface area contributed by atoms with Gasteiger partial charge in [-0.15, -0.1) is 6.58 Å². The van der Waals surface area contributed by atoms with Gasteiger partial charge >= 0.3 is 0 Å². The van der Waals surface area contributed by atoms with Gasteiger partial charge < -0.3 is 9.47 Å². The quantitative estimate of drug-likeness (QED) is 0.247. The van der Waals surface area contributed by atoms with Crippen molar-refractivity contribution in [2.24, 2.45) is 0 Å². The van der Waals surface area contributed by atoms with Crippen molar-refractivity contribution in [2.45, 2.75) is 13.5 Å². The highest BCUT2D eigenvalue weighted by Crippen LogP contribution is 2.37. The average Bonchev–Trinajstić information content (AvgIpc) is 2.97. The summed E-state index contributed by atoms with van der Waals surface area (Å²) in [6, 6.07) is 9.72. The molecule has 0 bridgehead atoms. The molecule has 30 heavy (non-hydrogen) atoms. The van der Waals surface area contributed by atoms with E-state index in [1.54, 1.807) is 24.3 Å². The number of rotatable bonds is 8. The number of amides is 2. The van der Waals surface area contributed by atoms with Crippen molar-refractivity contribution in [3.05, 3.63) is 74.5 Å². The number of nitrogens with zero attached hydrogens (tertiary/aromatic N) is 1. The second kappa shape index (κ2) is 10.1. The predicted octanol–water partition coefficient (Wildman–Crippen LogP) is 5.63. The van der Waals surface area contributed by atoms with Crippen LogP contribution in [0, 0.1) is 9.39 Å². The predicted molar refractivity (Wildman–Crippen MR) is 124 cm³/mol. The summed E-state index contributed by atoms with van der Waals surface area (Å²) in [7, 11) is 0. The van der Waals surface area contributed by atoms with E-state index in [4.69, 9.17) is 9.47 Å². The van der Waals surface area contributed by atoms with Crippen molar-refractivity contribution in [1.29, 1.82) is 0 Å². The average molecular weight is 539 g/mol. The maximum atomic E-state index is 13.1. The van der Waals surface area contributed by atoms with E-state index in [0.29, 0.717) is 23.0 Å². The van der Waals surface area contributed by atoms with E-state index < -0.39 is 0 Å². The molecule has 1 aliphatic rings. The Morgan fingerprint density at radius 1 is 1.20 bits per heavy atom. The second-order valence-corrected chi connectivity index (χ2v) is 8.41. The number of halogens is 2. The fraction of sp³-hybridized carbons (Fsp3) is 0.182. The number of hydrogen-bond acceptors (Lipinski definition) is 5. The molecule has 0 aliphatic carbocycles. The van der Waals surface area contributed by atoms with E-state index in [-0.39, 0.29) is 30.1 Å². The summed E-state index contributed by atoms with van der Waals surface area (Å²) in [6.07, 6.45) is 3.19. The number of thioether (sulfide) groups is 1. The number of ether oxygens (including phenoxy) is 2. The molecule has 0 atom stereocenters. The molecular weight excluding hydrogens is 520 g/mol. The Labute approximate surface area is 192 Å². The molecule has 1 heterocycles. The Hall–Kier alpha value is -2.33. The highest BCUT2D eigenvalue weighted by Gasteiger charge is 2.34. The summed E-state index contributed by atoms with van der Waals surface area (Å²) >= 11 is 3.04. The topological polar surface area (TPSA) is 55.8 Å². The number of imide groups is 1. The first-order valence-corrected chi connectivity index (χ1v) is 11.0. The van der Waals surface area contributed by atoms with Gasteiger partial charge in [0.15, 0.2) is 11.5 Å². The Kier molecular flexibility index (Phi) is 7.54. The first-order valence-electron chi connectivity index (χ1n) is 9.12. The highest BCUT2D eigenvalue weighted by molar-refractivity contribution is 14.1. The van der Waals surface area contributed by atoms with Crippen molar-refractivity contribution >= 4 is 51.6 Å². The maximum Gasteiger partial charge on any atom is 0.293 e. The molecule has 2 aromatic rings. The molecule has 2 amide bonds. The van der Waals surface area contributed by atoms with Crippen molar-refractivity contribution in [2.75, 3.05) is 13.2 Å². The number of carbonyl (C=O) groups is 2. The molecule has 0 unspecified atom stereocenters. The van der Waals surface area contributed by atoms with Gasteiger partial charge in [-0.1, -0.05) is 18.2 Å². The third-order valence-corrected chi connectivity index (χ3v) is 5.82. The summed E-state index contributed by atoms with van der Waals surface area (Å²) in [4.78, 5) is 26.0. The molecule has 0 spiro atoms. The van der Waals surface area contributed by atoms with E-state index >= 15 is 0 Å². The van der Waals surface area contributed by atoms with Gasteiger partial charge in [0.1, 0.15) is 12.4 Å². The van der Waals surface area contributed by atoms with Crippen LogP contribution in [0.3, 0.4) is 0 Å². The third-order valence-electron chi connectivity index (χ3n) is 4.11. The molecule has 1 saturated heterocycles. The van der Waals surface area contributed by atoms with Crippen LogP contribution in [0.1, 0.15) is 18.1 Å².